The third kappa shape index (κ3) is 3.94. The summed E-state index contributed by atoms with van der Waals surface area (Å²) in [5, 5.41) is 17.1. The molecule has 0 amide bonds. The van der Waals surface area contributed by atoms with Crippen LogP contribution in [0, 0.1) is 0 Å². The molecule has 0 fully saturated rings. The van der Waals surface area contributed by atoms with Crippen LogP contribution in [-0.2, 0) is 16.6 Å². The number of primary sulfonamides is 1. The summed E-state index contributed by atoms with van der Waals surface area (Å²) in [7, 11) is -3.95. The van der Waals surface area contributed by atoms with E-state index in [9.17, 15) is 13.2 Å². The van der Waals surface area contributed by atoms with E-state index in [1.165, 1.54) is 23.5 Å². The minimum atomic E-state index is -3.95. The van der Waals surface area contributed by atoms with Crippen LogP contribution >= 0.6 is 22.9 Å². The molecule has 1 heterocycles. The second-order valence-corrected chi connectivity index (χ2v) is 7.48. The number of rotatable bonds is 5. The van der Waals surface area contributed by atoms with Gasteiger partial charge in [0.15, 0.2) is 0 Å². The van der Waals surface area contributed by atoms with E-state index in [1.54, 1.807) is 6.07 Å². The van der Waals surface area contributed by atoms with Crippen LogP contribution in [0.2, 0.25) is 4.34 Å². The number of aromatic carboxylic acids is 1. The lowest BCUT2D eigenvalue weighted by atomic mass is 10.2. The van der Waals surface area contributed by atoms with Crippen LogP contribution in [-0.4, -0.2) is 19.5 Å². The second-order valence-electron chi connectivity index (χ2n) is 4.12. The molecule has 0 aliphatic heterocycles. The van der Waals surface area contributed by atoms with Gasteiger partial charge in [-0.3, -0.25) is 0 Å². The van der Waals surface area contributed by atoms with Crippen molar-refractivity contribution in [2.75, 3.05) is 5.32 Å². The summed E-state index contributed by atoms with van der Waals surface area (Å²) < 4.78 is 23.1. The number of thiophene rings is 1. The van der Waals surface area contributed by atoms with Crippen molar-refractivity contribution in [3.8, 4) is 0 Å². The van der Waals surface area contributed by atoms with E-state index >= 15 is 0 Å². The number of anilines is 1. The van der Waals surface area contributed by atoms with Crippen molar-refractivity contribution in [1.82, 2.24) is 0 Å². The third-order valence-corrected chi connectivity index (χ3v) is 4.77. The molecule has 0 bridgehead atoms. The Bertz CT molecular complexity index is 786. The number of carboxylic acid groups (broad SMARTS) is 1. The molecule has 9 heteroatoms. The van der Waals surface area contributed by atoms with Crippen LogP contribution in [0.25, 0.3) is 0 Å². The van der Waals surface area contributed by atoms with Gasteiger partial charge in [0.05, 0.1) is 14.8 Å². The first-order chi connectivity index (χ1) is 9.77. The van der Waals surface area contributed by atoms with Gasteiger partial charge in [-0.15, -0.1) is 11.3 Å². The molecule has 0 atom stereocenters. The molecule has 112 valence electrons. The summed E-state index contributed by atoms with van der Waals surface area (Å²) in [5.74, 6) is -1.24. The number of nitrogens with one attached hydrogen (secondary N) is 1. The average molecular weight is 347 g/mol. The molecule has 1 aromatic heterocycles. The van der Waals surface area contributed by atoms with E-state index in [-0.39, 0.29) is 10.5 Å². The summed E-state index contributed by atoms with van der Waals surface area (Å²) in [4.78, 5) is 11.9. The van der Waals surface area contributed by atoms with Crippen molar-refractivity contribution < 1.29 is 18.3 Å². The van der Waals surface area contributed by atoms with E-state index in [4.69, 9.17) is 21.8 Å². The number of carboxylic acids is 1. The Morgan fingerprint density at radius 2 is 2.05 bits per heavy atom. The van der Waals surface area contributed by atoms with Crippen molar-refractivity contribution in [1.29, 1.82) is 0 Å². The molecule has 0 aliphatic carbocycles. The Morgan fingerprint density at radius 1 is 1.33 bits per heavy atom. The van der Waals surface area contributed by atoms with Crippen molar-refractivity contribution in [2.24, 2.45) is 5.14 Å². The number of nitrogens with two attached hydrogens (primary N) is 1. The molecule has 0 radical (unpaired) electrons. The first kappa shape index (κ1) is 15.8. The fourth-order valence-corrected chi connectivity index (χ4v) is 3.23. The lowest BCUT2D eigenvalue weighted by molar-refractivity contribution is 0.0697. The van der Waals surface area contributed by atoms with E-state index in [2.05, 4.69) is 5.32 Å². The van der Waals surface area contributed by atoms with Gasteiger partial charge in [-0.2, -0.15) is 0 Å². The largest absolute Gasteiger partial charge is 0.478 e. The van der Waals surface area contributed by atoms with Crippen molar-refractivity contribution >= 4 is 44.6 Å². The minimum Gasteiger partial charge on any atom is -0.478 e. The van der Waals surface area contributed by atoms with Crippen LogP contribution in [0.1, 0.15) is 15.2 Å². The normalized spacial score (nSPS) is 11.3. The van der Waals surface area contributed by atoms with Crippen LogP contribution in [0.3, 0.4) is 0 Å². The second kappa shape index (κ2) is 6.02. The molecule has 2 aromatic rings. The molecular formula is C12H11ClN2O4S2. The fourth-order valence-electron chi connectivity index (χ4n) is 1.66. The molecule has 6 nitrogen and oxygen atoms in total. The Kier molecular flexibility index (Phi) is 4.52. The molecule has 1 aromatic carbocycles. The highest BCUT2D eigenvalue weighted by Gasteiger charge is 2.16. The van der Waals surface area contributed by atoms with Crippen LogP contribution in [0.4, 0.5) is 5.69 Å². The highest BCUT2D eigenvalue weighted by atomic mass is 35.5. The summed E-state index contributed by atoms with van der Waals surface area (Å²) in [6.45, 7) is 0.381. The maximum atomic E-state index is 11.3. The quantitative estimate of drug-likeness (QED) is 0.769. The number of hydrogen-bond acceptors (Lipinski definition) is 5. The van der Waals surface area contributed by atoms with Gasteiger partial charge in [-0.25, -0.2) is 18.4 Å². The van der Waals surface area contributed by atoms with Crippen LogP contribution < -0.4 is 10.5 Å². The zero-order valence-corrected chi connectivity index (χ0v) is 12.9. The summed E-state index contributed by atoms with van der Waals surface area (Å²) in [5.41, 5.74) is 0.142. The predicted molar refractivity (Wildman–Crippen MR) is 81.4 cm³/mol. The highest BCUT2D eigenvalue weighted by Crippen LogP contribution is 2.24. The maximum absolute atomic E-state index is 11.3. The number of carbonyl (C=O) groups is 1. The number of benzene rings is 1. The van der Waals surface area contributed by atoms with E-state index in [1.807, 2.05) is 6.07 Å². The minimum absolute atomic E-state index is 0.163. The van der Waals surface area contributed by atoms with E-state index in [0.29, 0.717) is 16.6 Å². The Labute approximate surface area is 130 Å². The number of sulfonamides is 1. The highest BCUT2D eigenvalue weighted by molar-refractivity contribution is 7.89. The van der Waals surface area contributed by atoms with Gasteiger partial charge in [0.1, 0.15) is 0 Å². The zero-order valence-electron chi connectivity index (χ0n) is 10.5. The topological polar surface area (TPSA) is 109 Å². The lowest BCUT2D eigenvalue weighted by Crippen LogP contribution is -2.14. The van der Waals surface area contributed by atoms with Crippen LogP contribution in [0.5, 0.6) is 0 Å². The van der Waals surface area contributed by atoms with Gasteiger partial charge in [0.25, 0.3) is 0 Å². The molecule has 21 heavy (non-hydrogen) atoms. The van der Waals surface area contributed by atoms with Crippen LogP contribution in [0.15, 0.2) is 35.2 Å². The van der Waals surface area contributed by atoms with Gasteiger partial charge in [0, 0.05) is 17.1 Å². The average Bonchev–Trinajstić information content (AvgIpc) is 2.80. The molecule has 0 unspecified atom stereocenters. The first-order valence-corrected chi connectivity index (χ1v) is 8.39. The Hall–Kier alpha value is -1.61. The summed E-state index contributed by atoms with van der Waals surface area (Å²) >= 11 is 7.18. The molecular weight excluding hydrogens is 336 g/mol. The zero-order chi connectivity index (χ0) is 15.6. The molecule has 0 spiro atoms. The van der Waals surface area contributed by atoms with Crippen molar-refractivity contribution in [3.05, 3.63) is 45.1 Å². The monoisotopic (exact) mass is 346 g/mol. The Balaban J connectivity index is 2.28. The van der Waals surface area contributed by atoms with Crippen molar-refractivity contribution in [3.63, 3.8) is 0 Å². The van der Waals surface area contributed by atoms with E-state index in [0.717, 1.165) is 10.9 Å². The van der Waals surface area contributed by atoms with Gasteiger partial charge in [0.2, 0.25) is 10.0 Å². The van der Waals surface area contributed by atoms with Crippen molar-refractivity contribution in [2.45, 2.75) is 11.4 Å². The lowest BCUT2D eigenvalue weighted by Gasteiger charge is -2.10. The summed E-state index contributed by atoms with van der Waals surface area (Å²) in [6, 6.07) is 7.22. The van der Waals surface area contributed by atoms with Gasteiger partial charge in [-0.1, -0.05) is 11.6 Å². The van der Waals surface area contributed by atoms with Gasteiger partial charge in [-0.05, 0) is 30.3 Å². The van der Waals surface area contributed by atoms with Gasteiger partial charge >= 0.3 is 5.97 Å². The molecule has 0 aliphatic rings. The van der Waals surface area contributed by atoms with E-state index < -0.39 is 16.0 Å². The molecule has 2 rings (SSSR count). The maximum Gasteiger partial charge on any atom is 0.337 e. The number of hydrogen-bond donors (Lipinski definition) is 3. The molecule has 4 N–H and O–H groups in total. The standard InChI is InChI=1S/C12H11ClN2O4S2/c13-11-4-1-7(20-11)6-15-10-3-2-8(21(14,18)19)5-9(10)12(16)17/h1-5,15H,6H2,(H,16,17)(H2,14,18,19). The van der Waals surface area contributed by atoms with Gasteiger partial charge < -0.3 is 10.4 Å². The fraction of sp³-hybridized carbons (Fsp3) is 0.0833. The Morgan fingerprint density at radius 3 is 2.57 bits per heavy atom. The third-order valence-electron chi connectivity index (χ3n) is 2.63. The predicted octanol–water partition coefficient (Wildman–Crippen LogP) is 2.36. The summed E-state index contributed by atoms with van der Waals surface area (Å²) in [6.07, 6.45) is 0. The SMILES string of the molecule is NS(=O)(=O)c1ccc(NCc2ccc(Cl)s2)c(C(=O)O)c1. The number of halogens is 1. The smallest absolute Gasteiger partial charge is 0.337 e. The molecule has 0 saturated heterocycles. The first-order valence-electron chi connectivity index (χ1n) is 5.65. The molecule has 0 saturated carbocycles.